The number of rotatable bonds is 8. The second-order valence-electron chi connectivity index (χ2n) is 15.2. The van der Waals surface area contributed by atoms with Gasteiger partial charge in [0.1, 0.15) is 0 Å². The Morgan fingerprint density at radius 2 is 0.532 bits per heavy atom. The highest BCUT2D eigenvalue weighted by Crippen LogP contribution is 2.33. The van der Waals surface area contributed by atoms with Crippen LogP contribution in [-0.2, 0) is 0 Å². The second-order valence-corrected chi connectivity index (χ2v) is 15.2. The molecule has 62 heavy (non-hydrogen) atoms. The van der Waals surface area contributed by atoms with Gasteiger partial charge in [0.15, 0.2) is 34.9 Å². The monoisotopic (exact) mass is 792 g/mol. The van der Waals surface area contributed by atoms with Crippen molar-refractivity contribution in [1.82, 2.24) is 29.9 Å². The Bertz CT molecular complexity index is 3310. The number of aromatic nitrogens is 6. The summed E-state index contributed by atoms with van der Waals surface area (Å²) in [5.74, 6) is 3.85. The van der Waals surface area contributed by atoms with Crippen LogP contribution in [0.15, 0.2) is 218 Å². The van der Waals surface area contributed by atoms with E-state index >= 15 is 0 Å². The van der Waals surface area contributed by atoms with Crippen LogP contribution in [0, 0.1) is 0 Å². The Morgan fingerprint density at radius 3 is 0.984 bits per heavy atom. The van der Waals surface area contributed by atoms with E-state index in [1.54, 1.807) is 0 Å². The first-order chi connectivity index (χ1) is 30.7. The Labute approximate surface area is 359 Å². The average Bonchev–Trinajstić information content (AvgIpc) is 3.36. The fraction of sp³-hybridized carbons (Fsp3) is 0. The zero-order valence-corrected chi connectivity index (χ0v) is 33.5. The van der Waals surface area contributed by atoms with E-state index in [1.807, 2.05) is 91.0 Å². The molecule has 290 valence electrons. The van der Waals surface area contributed by atoms with E-state index in [9.17, 15) is 0 Å². The van der Waals surface area contributed by atoms with Gasteiger partial charge in [-0.2, -0.15) is 0 Å². The molecule has 0 unspecified atom stereocenters. The Morgan fingerprint density at radius 1 is 0.194 bits per heavy atom. The third-order valence-electron chi connectivity index (χ3n) is 11.2. The molecule has 0 saturated heterocycles. The van der Waals surface area contributed by atoms with E-state index in [4.69, 9.17) is 29.9 Å². The molecular weight excluding hydrogens is 757 g/mol. The molecule has 0 bridgehead atoms. The minimum atomic E-state index is 0.631. The fourth-order valence-electron chi connectivity index (χ4n) is 7.93. The van der Waals surface area contributed by atoms with Crippen molar-refractivity contribution in [3.8, 4) is 90.6 Å². The van der Waals surface area contributed by atoms with E-state index in [2.05, 4.69) is 127 Å². The Balaban J connectivity index is 0.896. The molecule has 0 aliphatic rings. The number of hydrogen-bond donors (Lipinski definition) is 0. The molecule has 0 radical (unpaired) electrons. The number of benzene rings is 9. The number of hydrogen-bond acceptors (Lipinski definition) is 6. The summed E-state index contributed by atoms with van der Waals surface area (Å²) in [6, 6.07) is 75.0. The molecule has 0 aliphatic carbocycles. The predicted molar refractivity (Wildman–Crippen MR) is 252 cm³/mol. The molecule has 9 aromatic carbocycles. The van der Waals surface area contributed by atoms with Gasteiger partial charge in [-0.15, -0.1) is 0 Å². The van der Waals surface area contributed by atoms with Crippen molar-refractivity contribution in [3.05, 3.63) is 218 Å². The summed E-state index contributed by atoms with van der Waals surface area (Å²) >= 11 is 0. The first kappa shape index (κ1) is 36.6. The van der Waals surface area contributed by atoms with Gasteiger partial charge in [0, 0.05) is 33.4 Å². The van der Waals surface area contributed by atoms with Crippen molar-refractivity contribution in [2.75, 3.05) is 0 Å². The van der Waals surface area contributed by atoms with Gasteiger partial charge >= 0.3 is 0 Å². The zero-order chi connectivity index (χ0) is 41.2. The van der Waals surface area contributed by atoms with Crippen LogP contribution in [0.3, 0.4) is 0 Å². The van der Waals surface area contributed by atoms with Gasteiger partial charge in [-0.1, -0.05) is 206 Å². The van der Waals surface area contributed by atoms with Gasteiger partial charge in [-0.25, -0.2) is 29.9 Å². The van der Waals surface area contributed by atoms with E-state index in [0.29, 0.717) is 34.9 Å². The molecule has 0 N–H and O–H groups in total. The summed E-state index contributed by atoms with van der Waals surface area (Å²) < 4.78 is 0. The predicted octanol–water partition coefficient (Wildman–Crippen LogP) is 13.7. The van der Waals surface area contributed by atoms with Crippen LogP contribution >= 0.6 is 0 Å². The molecule has 0 spiro atoms. The van der Waals surface area contributed by atoms with Crippen LogP contribution in [0.25, 0.3) is 112 Å². The van der Waals surface area contributed by atoms with Crippen LogP contribution in [0.4, 0.5) is 0 Å². The van der Waals surface area contributed by atoms with Crippen LogP contribution in [0.1, 0.15) is 0 Å². The summed E-state index contributed by atoms with van der Waals surface area (Å²) in [7, 11) is 0. The third-order valence-corrected chi connectivity index (χ3v) is 11.2. The maximum absolute atomic E-state index is 5.05. The molecule has 2 heterocycles. The highest BCUT2D eigenvalue weighted by molar-refractivity contribution is 5.95. The summed E-state index contributed by atoms with van der Waals surface area (Å²) in [6.45, 7) is 0. The summed E-state index contributed by atoms with van der Waals surface area (Å²) in [4.78, 5) is 29.7. The van der Waals surface area contributed by atoms with Crippen molar-refractivity contribution in [3.63, 3.8) is 0 Å². The van der Waals surface area contributed by atoms with Gasteiger partial charge < -0.3 is 0 Å². The molecule has 6 nitrogen and oxygen atoms in total. The Hall–Kier alpha value is -8.48. The molecule has 6 heteroatoms. The van der Waals surface area contributed by atoms with E-state index < -0.39 is 0 Å². The molecule has 11 rings (SSSR count). The van der Waals surface area contributed by atoms with Gasteiger partial charge in [0.25, 0.3) is 0 Å². The topological polar surface area (TPSA) is 77.3 Å². The molecule has 2 aromatic heterocycles. The molecule has 0 fully saturated rings. The molecule has 0 atom stereocenters. The normalized spacial score (nSPS) is 11.2. The SMILES string of the molecule is c1ccc(-c2nc(-c3ccccc3)nc(-c3ccc(-c4ccc5ccc(-c6ccc(-c7nc(-c8ccccc8)nc(-c8cccc9ccccc89)n7)cc6)cc5c4)cc3)n2)cc1. The number of fused-ring (bicyclic) bond motifs is 2. The van der Waals surface area contributed by atoms with Crippen LogP contribution in [-0.4, -0.2) is 29.9 Å². The maximum Gasteiger partial charge on any atom is 0.164 e. The van der Waals surface area contributed by atoms with Crippen molar-refractivity contribution < 1.29 is 0 Å². The van der Waals surface area contributed by atoms with Crippen molar-refractivity contribution in [2.45, 2.75) is 0 Å². The fourth-order valence-corrected chi connectivity index (χ4v) is 7.93. The van der Waals surface area contributed by atoms with Crippen LogP contribution in [0.5, 0.6) is 0 Å². The van der Waals surface area contributed by atoms with E-state index in [-0.39, 0.29) is 0 Å². The quantitative estimate of drug-likeness (QED) is 0.152. The summed E-state index contributed by atoms with van der Waals surface area (Å²) in [6.07, 6.45) is 0. The largest absolute Gasteiger partial charge is 0.208 e. The minimum Gasteiger partial charge on any atom is -0.208 e. The van der Waals surface area contributed by atoms with Gasteiger partial charge in [-0.3, -0.25) is 0 Å². The van der Waals surface area contributed by atoms with E-state index in [1.165, 1.54) is 5.39 Å². The standard InChI is InChI=1S/C56H36N6/c1-4-14-41(15-5-1)51-57-52(42-16-6-2-7-17-42)59-54(58-51)44-29-23-37(24-30-44)46-33-27-39-28-34-47(36-48(39)35-46)38-25-31-45(32-26-38)55-60-53(43-18-8-3-9-19-43)61-56(62-55)50-22-12-20-40-13-10-11-21-49(40)50/h1-36H. The lowest BCUT2D eigenvalue weighted by atomic mass is 9.96. The van der Waals surface area contributed by atoms with Crippen LogP contribution in [0.2, 0.25) is 0 Å². The Kier molecular flexibility index (Phi) is 9.41. The first-order valence-corrected chi connectivity index (χ1v) is 20.6. The highest BCUT2D eigenvalue weighted by atomic mass is 15.0. The summed E-state index contributed by atoms with van der Waals surface area (Å²) in [5, 5.41) is 4.59. The smallest absolute Gasteiger partial charge is 0.164 e. The van der Waals surface area contributed by atoms with Gasteiger partial charge in [-0.05, 0) is 55.9 Å². The van der Waals surface area contributed by atoms with Gasteiger partial charge in [0.05, 0.1) is 0 Å². The van der Waals surface area contributed by atoms with Crippen molar-refractivity contribution >= 4 is 21.5 Å². The zero-order valence-electron chi connectivity index (χ0n) is 33.5. The van der Waals surface area contributed by atoms with Crippen molar-refractivity contribution in [1.29, 1.82) is 0 Å². The minimum absolute atomic E-state index is 0.631. The molecule has 0 aliphatic heterocycles. The lowest BCUT2D eigenvalue weighted by Crippen LogP contribution is -2.00. The molecule has 0 amide bonds. The summed E-state index contributed by atoms with van der Waals surface area (Å²) in [5.41, 5.74) is 10.1. The second kappa shape index (κ2) is 15.9. The average molecular weight is 793 g/mol. The lowest BCUT2D eigenvalue weighted by Gasteiger charge is -2.11. The maximum atomic E-state index is 5.05. The molecule has 11 aromatic rings. The molecular formula is C56H36N6. The van der Waals surface area contributed by atoms with Gasteiger partial charge in [0.2, 0.25) is 0 Å². The number of nitrogens with zero attached hydrogens (tertiary/aromatic N) is 6. The molecule has 0 saturated carbocycles. The first-order valence-electron chi connectivity index (χ1n) is 20.6. The van der Waals surface area contributed by atoms with Crippen molar-refractivity contribution in [2.24, 2.45) is 0 Å². The third kappa shape index (κ3) is 7.27. The van der Waals surface area contributed by atoms with Crippen LogP contribution < -0.4 is 0 Å². The highest BCUT2D eigenvalue weighted by Gasteiger charge is 2.16. The van der Waals surface area contributed by atoms with E-state index in [0.717, 1.165) is 71.8 Å². The lowest BCUT2D eigenvalue weighted by molar-refractivity contribution is 1.07.